The van der Waals surface area contributed by atoms with Crippen LogP contribution in [-0.4, -0.2) is 11.6 Å². The SMILES string of the molecule is CCC1CCC(C#N)(NC2CCCCCC2)CC1. The highest BCUT2D eigenvalue weighted by atomic mass is 15.0. The van der Waals surface area contributed by atoms with Crippen molar-refractivity contribution in [1.29, 1.82) is 5.26 Å². The number of nitrogens with one attached hydrogen (secondary N) is 1. The van der Waals surface area contributed by atoms with Gasteiger partial charge in [0.1, 0.15) is 5.54 Å². The predicted octanol–water partition coefficient (Wildman–Crippen LogP) is 4.16. The van der Waals surface area contributed by atoms with E-state index in [4.69, 9.17) is 0 Å². The average Bonchev–Trinajstić information content (AvgIpc) is 2.68. The third kappa shape index (κ3) is 3.48. The summed E-state index contributed by atoms with van der Waals surface area (Å²) in [6.45, 7) is 2.28. The standard InChI is InChI=1S/C16H28N2/c1-2-14-9-11-16(13-17,12-10-14)18-15-7-5-3-4-6-8-15/h14-15,18H,2-12H2,1H3. The number of hydrogen-bond acceptors (Lipinski definition) is 2. The molecule has 0 bridgehead atoms. The third-order valence-electron chi connectivity index (χ3n) is 5.09. The Morgan fingerprint density at radius 2 is 1.67 bits per heavy atom. The van der Waals surface area contributed by atoms with Gasteiger partial charge in [0, 0.05) is 6.04 Å². The van der Waals surface area contributed by atoms with Crippen molar-refractivity contribution < 1.29 is 0 Å². The van der Waals surface area contributed by atoms with E-state index in [1.165, 1.54) is 57.8 Å². The van der Waals surface area contributed by atoms with Crippen LogP contribution < -0.4 is 5.32 Å². The fraction of sp³-hybridized carbons (Fsp3) is 0.938. The van der Waals surface area contributed by atoms with Crippen LogP contribution >= 0.6 is 0 Å². The molecule has 0 aliphatic heterocycles. The van der Waals surface area contributed by atoms with Crippen molar-refractivity contribution in [2.75, 3.05) is 0 Å². The van der Waals surface area contributed by atoms with Crippen LogP contribution in [0.5, 0.6) is 0 Å². The van der Waals surface area contributed by atoms with E-state index < -0.39 is 0 Å². The maximum atomic E-state index is 9.59. The lowest BCUT2D eigenvalue weighted by Crippen LogP contribution is -2.51. The minimum atomic E-state index is -0.194. The number of nitriles is 1. The Hall–Kier alpha value is -0.550. The Bertz CT molecular complexity index is 276. The molecule has 0 amide bonds. The van der Waals surface area contributed by atoms with Crippen LogP contribution in [0.1, 0.15) is 77.6 Å². The molecule has 0 atom stereocenters. The first-order chi connectivity index (χ1) is 8.78. The van der Waals surface area contributed by atoms with Crippen LogP contribution in [0, 0.1) is 17.2 Å². The van der Waals surface area contributed by atoms with E-state index in [1.807, 2.05) is 0 Å². The molecule has 0 aromatic rings. The second kappa shape index (κ2) is 6.57. The lowest BCUT2D eigenvalue weighted by Gasteiger charge is -2.38. The minimum absolute atomic E-state index is 0.194. The van der Waals surface area contributed by atoms with Crippen LogP contribution in [0.25, 0.3) is 0 Å². The molecule has 0 saturated heterocycles. The lowest BCUT2D eigenvalue weighted by atomic mass is 9.76. The maximum absolute atomic E-state index is 9.59. The first kappa shape index (κ1) is 13.9. The molecule has 0 radical (unpaired) electrons. The Balaban J connectivity index is 1.90. The van der Waals surface area contributed by atoms with Crippen LogP contribution in [-0.2, 0) is 0 Å². The van der Waals surface area contributed by atoms with Crippen LogP contribution in [0.2, 0.25) is 0 Å². The summed E-state index contributed by atoms with van der Waals surface area (Å²) < 4.78 is 0. The van der Waals surface area contributed by atoms with Gasteiger partial charge in [-0.3, -0.25) is 5.32 Å². The van der Waals surface area contributed by atoms with Crippen molar-refractivity contribution in [2.24, 2.45) is 5.92 Å². The summed E-state index contributed by atoms with van der Waals surface area (Å²) in [5.41, 5.74) is -0.194. The van der Waals surface area contributed by atoms with E-state index in [0.29, 0.717) is 6.04 Å². The molecule has 2 rings (SSSR count). The molecule has 18 heavy (non-hydrogen) atoms. The molecule has 102 valence electrons. The quantitative estimate of drug-likeness (QED) is 0.761. The summed E-state index contributed by atoms with van der Waals surface area (Å²) in [5.74, 6) is 0.863. The van der Waals surface area contributed by atoms with Gasteiger partial charge in [-0.25, -0.2) is 0 Å². The monoisotopic (exact) mass is 248 g/mol. The summed E-state index contributed by atoms with van der Waals surface area (Å²) in [5, 5.41) is 13.3. The zero-order valence-electron chi connectivity index (χ0n) is 11.9. The number of rotatable bonds is 3. The molecule has 0 heterocycles. The van der Waals surface area contributed by atoms with Crippen molar-refractivity contribution in [2.45, 2.75) is 89.1 Å². The van der Waals surface area contributed by atoms with Crippen molar-refractivity contribution in [1.82, 2.24) is 5.32 Å². The van der Waals surface area contributed by atoms with Gasteiger partial charge < -0.3 is 0 Å². The normalized spacial score (nSPS) is 34.8. The topological polar surface area (TPSA) is 35.8 Å². The van der Waals surface area contributed by atoms with Gasteiger partial charge in [-0.05, 0) is 44.4 Å². The lowest BCUT2D eigenvalue weighted by molar-refractivity contribution is 0.210. The third-order valence-corrected chi connectivity index (χ3v) is 5.09. The number of hydrogen-bond donors (Lipinski definition) is 1. The summed E-state index contributed by atoms with van der Waals surface area (Å²) in [6.07, 6.45) is 13.9. The highest BCUT2D eigenvalue weighted by Crippen LogP contribution is 2.34. The summed E-state index contributed by atoms with van der Waals surface area (Å²) >= 11 is 0. The van der Waals surface area contributed by atoms with Gasteiger partial charge in [0.05, 0.1) is 6.07 Å². The molecule has 0 aromatic carbocycles. The molecule has 0 aromatic heterocycles. The molecular formula is C16H28N2. The van der Waals surface area contributed by atoms with E-state index in [2.05, 4.69) is 18.3 Å². The molecule has 2 nitrogen and oxygen atoms in total. The fourth-order valence-electron chi connectivity index (χ4n) is 3.68. The van der Waals surface area contributed by atoms with Crippen LogP contribution in [0.15, 0.2) is 0 Å². The predicted molar refractivity (Wildman–Crippen MR) is 75.2 cm³/mol. The van der Waals surface area contributed by atoms with Crippen molar-refractivity contribution >= 4 is 0 Å². The number of nitrogens with zero attached hydrogens (tertiary/aromatic N) is 1. The smallest absolute Gasteiger partial charge is 0.107 e. The Morgan fingerprint density at radius 1 is 1.06 bits per heavy atom. The molecule has 2 saturated carbocycles. The minimum Gasteiger partial charge on any atom is -0.297 e. The van der Waals surface area contributed by atoms with Gasteiger partial charge in [0.25, 0.3) is 0 Å². The molecule has 2 aliphatic carbocycles. The van der Waals surface area contributed by atoms with E-state index in [1.54, 1.807) is 0 Å². The van der Waals surface area contributed by atoms with E-state index >= 15 is 0 Å². The highest BCUT2D eigenvalue weighted by Gasteiger charge is 2.36. The van der Waals surface area contributed by atoms with E-state index in [0.717, 1.165) is 18.8 Å². The molecule has 0 unspecified atom stereocenters. The Morgan fingerprint density at radius 3 is 2.17 bits per heavy atom. The van der Waals surface area contributed by atoms with Gasteiger partial charge in [0.15, 0.2) is 0 Å². The van der Waals surface area contributed by atoms with Crippen molar-refractivity contribution in [3.8, 4) is 6.07 Å². The van der Waals surface area contributed by atoms with Gasteiger partial charge in [-0.2, -0.15) is 5.26 Å². The van der Waals surface area contributed by atoms with Crippen molar-refractivity contribution in [3.63, 3.8) is 0 Å². The Kier molecular flexibility index (Phi) is 5.06. The molecule has 0 spiro atoms. The first-order valence-corrected chi connectivity index (χ1v) is 7.97. The van der Waals surface area contributed by atoms with E-state index in [-0.39, 0.29) is 5.54 Å². The fourth-order valence-corrected chi connectivity index (χ4v) is 3.68. The summed E-state index contributed by atoms with van der Waals surface area (Å²) in [4.78, 5) is 0. The molecule has 1 N–H and O–H groups in total. The van der Waals surface area contributed by atoms with Crippen LogP contribution in [0.3, 0.4) is 0 Å². The van der Waals surface area contributed by atoms with Gasteiger partial charge in [-0.15, -0.1) is 0 Å². The van der Waals surface area contributed by atoms with Crippen LogP contribution in [0.4, 0.5) is 0 Å². The molecule has 2 fully saturated rings. The Labute approximate surface area is 112 Å². The second-order valence-corrected chi connectivity index (χ2v) is 6.38. The van der Waals surface area contributed by atoms with E-state index in [9.17, 15) is 5.26 Å². The maximum Gasteiger partial charge on any atom is 0.107 e. The molecule has 2 aliphatic rings. The summed E-state index contributed by atoms with van der Waals surface area (Å²) in [7, 11) is 0. The summed E-state index contributed by atoms with van der Waals surface area (Å²) in [6, 6.07) is 3.22. The van der Waals surface area contributed by atoms with Gasteiger partial charge in [0.2, 0.25) is 0 Å². The molecular weight excluding hydrogens is 220 g/mol. The average molecular weight is 248 g/mol. The van der Waals surface area contributed by atoms with Gasteiger partial charge in [-0.1, -0.05) is 39.0 Å². The zero-order chi connectivity index (χ0) is 12.8. The second-order valence-electron chi connectivity index (χ2n) is 6.38. The zero-order valence-corrected chi connectivity index (χ0v) is 11.9. The van der Waals surface area contributed by atoms with Gasteiger partial charge >= 0.3 is 0 Å². The first-order valence-electron chi connectivity index (χ1n) is 7.97. The molecule has 2 heteroatoms. The largest absolute Gasteiger partial charge is 0.297 e. The van der Waals surface area contributed by atoms with Crippen molar-refractivity contribution in [3.05, 3.63) is 0 Å². The highest BCUT2D eigenvalue weighted by molar-refractivity contribution is 5.10.